The molecule has 0 saturated heterocycles. The maximum Gasteiger partial charge on any atom is 0.255 e. The van der Waals surface area contributed by atoms with Crippen LogP contribution < -0.4 is 11.1 Å². The first-order valence-corrected chi connectivity index (χ1v) is 10.2. The molecule has 158 valence electrons. The van der Waals surface area contributed by atoms with E-state index in [0.29, 0.717) is 34.5 Å². The maximum absolute atomic E-state index is 12.9. The predicted molar refractivity (Wildman–Crippen MR) is 124 cm³/mol. The molecule has 0 fully saturated rings. The van der Waals surface area contributed by atoms with E-state index in [0.717, 1.165) is 22.3 Å². The summed E-state index contributed by atoms with van der Waals surface area (Å²) in [5.41, 5.74) is 10.1. The fourth-order valence-corrected chi connectivity index (χ4v) is 3.50. The van der Waals surface area contributed by atoms with Crippen LogP contribution in [-0.4, -0.2) is 30.6 Å². The van der Waals surface area contributed by atoms with Crippen LogP contribution in [0.1, 0.15) is 16.2 Å². The topological polar surface area (TPSA) is 115 Å². The minimum Gasteiger partial charge on any atom is -0.324 e. The van der Waals surface area contributed by atoms with E-state index in [1.165, 1.54) is 0 Å². The van der Waals surface area contributed by atoms with Crippen molar-refractivity contribution < 1.29 is 4.79 Å². The molecule has 0 atom stereocenters. The third kappa shape index (κ3) is 3.84. The quantitative estimate of drug-likeness (QED) is 0.377. The lowest BCUT2D eigenvalue weighted by Crippen LogP contribution is -2.11. The largest absolute Gasteiger partial charge is 0.324 e. The zero-order valence-electron chi connectivity index (χ0n) is 16.8. The number of hydrogen-bond acceptors (Lipinski definition) is 5. The Kier molecular flexibility index (Phi) is 5.14. The molecule has 9 heteroatoms. The number of amides is 1. The molecule has 2 heterocycles. The van der Waals surface area contributed by atoms with Crippen LogP contribution in [0.15, 0.2) is 73.1 Å². The molecule has 0 radical (unpaired) electrons. The number of H-pyrrole nitrogens is 1. The van der Waals surface area contributed by atoms with Gasteiger partial charge in [0.15, 0.2) is 5.82 Å². The van der Waals surface area contributed by atoms with Gasteiger partial charge in [0.1, 0.15) is 12.2 Å². The normalized spacial score (nSPS) is 11.1. The first kappa shape index (κ1) is 19.9. The summed E-state index contributed by atoms with van der Waals surface area (Å²) < 4.78 is 1.92. The Morgan fingerprint density at radius 2 is 1.84 bits per heavy atom. The number of imidazole rings is 1. The van der Waals surface area contributed by atoms with Crippen LogP contribution in [0.25, 0.3) is 28.1 Å². The van der Waals surface area contributed by atoms with Gasteiger partial charge in [0.25, 0.3) is 5.91 Å². The van der Waals surface area contributed by atoms with Gasteiger partial charge in [-0.1, -0.05) is 11.6 Å². The Morgan fingerprint density at radius 1 is 1.06 bits per heavy atom. The van der Waals surface area contributed by atoms with E-state index < -0.39 is 0 Å². The van der Waals surface area contributed by atoms with E-state index in [1.54, 1.807) is 12.4 Å². The van der Waals surface area contributed by atoms with Gasteiger partial charge in [-0.2, -0.15) is 5.10 Å². The van der Waals surface area contributed by atoms with Gasteiger partial charge in [0.05, 0.1) is 17.6 Å². The molecule has 5 rings (SSSR count). The van der Waals surface area contributed by atoms with Crippen molar-refractivity contribution >= 4 is 34.2 Å². The van der Waals surface area contributed by atoms with Crippen LogP contribution in [0.5, 0.6) is 0 Å². The first-order valence-electron chi connectivity index (χ1n) is 9.87. The lowest BCUT2D eigenvalue weighted by molar-refractivity contribution is 0.102. The highest BCUT2D eigenvalue weighted by Gasteiger charge is 2.12. The summed E-state index contributed by atoms with van der Waals surface area (Å²) in [6.07, 6.45) is 1.73. The van der Waals surface area contributed by atoms with Gasteiger partial charge in [0.2, 0.25) is 0 Å². The fourth-order valence-electron chi connectivity index (χ4n) is 3.38. The highest BCUT2D eigenvalue weighted by atomic mass is 35.5. The van der Waals surface area contributed by atoms with Crippen molar-refractivity contribution in [3.05, 3.63) is 89.5 Å². The number of nitrogens with zero attached hydrogens (tertiary/aromatic N) is 4. The second-order valence-electron chi connectivity index (χ2n) is 7.14. The highest BCUT2D eigenvalue weighted by molar-refractivity contribution is 6.30. The second-order valence-corrected chi connectivity index (χ2v) is 7.57. The number of fused-ring (bicyclic) bond motifs is 1. The zero-order valence-corrected chi connectivity index (χ0v) is 17.5. The molecule has 32 heavy (non-hydrogen) atoms. The number of nitrogens with one attached hydrogen (secondary N) is 2. The molecule has 0 spiro atoms. The standard InChI is InChI=1S/C23H18ClN7O/c24-16-4-8-18(9-5-16)31-13-26-19-10-3-15(11-20(19)31)23(32)27-17-6-1-14(2-7-17)22-28-21(12-25)29-30-22/h1-11,13H,12,25H2,(H,27,32)(H,28,29,30). The number of aromatic amines is 1. The molecule has 1 amide bonds. The third-order valence-electron chi connectivity index (χ3n) is 5.04. The molecule has 4 N–H and O–H groups in total. The molecule has 3 aromatic carbocycles. The molecule has 0 aliphatic rings. The summed E-state index contributed by atoms with van der Waals surface area (Å²) in [6, 6.07) is 20.2. The average Bonchev–Trinajstić information content (AvgIpc) is 3.47. The van der Waals surface area contributed by atoms with Crippen molar-refractivity contribution in [1.29, 1.82) is 0 Å². The Hall–Kier alpha value is -4.01. The number of aromatic nitrogens is 5. The summed E-state index contributed by atoms with van der Waals surface area (Å²) in [5, 5.41) is 10.5. The minimum atomic E-state index is -0.216. The van der Waals surface area contributed by atoms with Gasteiger partial charge < -0.3 is 11.1 Å². The average molecular weight is 444 g/mol. The first-order chi connectivity index (χ1) is 15.6. The summed E-state index contributed by atoms with van der Waals surface area (Å²) in [5.74, 6) is 0.960. The van der Waals surface area contributed by atoms with Crippen LogP contribution >= 0.6 is 11.6 Å². The number of nitrogens with two attached hydrogens (primary N) is 1. The monoisotopic (exact) mass is 443 g/mol. The number of rotatable bonds is 5. The van der Waals surface area contributed by atoms with Gasteiger partial charge in [-0.15, -0.1) is 0 Å². The summed E-state index contributed by atoms with van der Waals surface area (Å²) >= 11 is 6.00. The Bertz CT molecular complexity index is 1400. The molecule has 5 aromatic rings. The van der Waals surface area contributed by atoms with E-state index in [9.17, 15) is 4.79 Å². The lowest BCUT2D eigenvalue weighted by Gasteiger charge is -2.08. The van der Waals surface area contributed by atoms with Crippen molar-refractivity contribution in [2.24, 2.45) is 5.73 Å². The summed E-state index contributed by atoms with van der Waals surface area (Å²) in [4.78, 5) is 21.6. The van der Waals surface area contributed by atoms with Crippen LogP contribution in [0.2, 0.25) is 5.02 Å². The van der Waals surface area contributed by atoms with Crippen LogP contribution in [-0.2, 0) is 6.54 Å². The van der Waals surface area contributed by atoms with E-state index in [2.05, 4.69) is 25.5 Å². The van der Waals surface area contributed by atoms with Crippen molar-refractivity contribution in [1.82, 2.24) is 24.7 Å². The Balaban J connectivity index is 1.37. The van der Waals surface area contributed by atoms with Gasteiger partial charge in [-0.05, 0) is 66.7 Å². The summed E-state index contributed by atoms with van der Waals surface area (Å²) in [7, 11) is 0. The molecular weight excluding hydrogens is 426 g/mol. The van der Waals surface area contributed by atoms with Crippen molar-refractivity contribution in [3.63, 3.8) is 0 Å². The van der Waals surface area contributed by atoms with Crippen molar-refractivity contribution in [2.45, 2.75) is 6.54 Å². The minimum absolute atomic E-state index is 0.216. The molecule has 0 aliphatic carbocycles. The number of halogens is 1. The molecule has 0 unspecified atom stereocenters. The molecule has 0 aliphatic heterocycles. The number of anilines is 1. The molecule has 0 bridgehead atoms. The SMILES string of the molecule is NCc1nc(-c2ccc(NC(=O)c3ccc4ncn(-c5ccc(Cl)cc5)c4c3)cc2)n[nH]1. The lowest BCUT2D eigenvalue weighted by atomic mass is 10.1. The third-order valence-corrected chi connectivity index (χ3v) is 5.29. The highest BCUT2D eigenvalue weighted by Crippen LogP contribution is 2.22. The van der Waals surface area contributed by atoms with Crippen molar-refractivity contribution in [3.8, 4) is 17.1 Å². The molecule has 8 nitrogen and oxygen atoms in total. The number of carbonyl (C=O) groups is 1. The smallest absolute Gasteiger partial charge is 0.255 e. The zero-order chi connectivity index (χ0) is 22.1. The fraction of sp³-hybridized carbons (Fsp3) is 0.0435. The predicted octanol–water partition coefficient (Wildman–Crippen LogP) is 4.18. The van der Waals surface area contributed by atoms with Crippen molar-refractivity contribution in [2.75, 3.05) is 5.32 Å². The Morgan fingerprint density at radius 3 is 2.56 bits per heavy atom. The second kappa shape index (κ2) is 8.26. The van der Waals surface area contributed by atoms with Gasteiger partial charge in [-0.3, -0.25) is 14.5 Å². The van der Waals surface area contributed by atoms with E-state index in [4.69, 9.17) is 17.3 Å². The number of carbonyl (C=O) groups excluding carboxylic acids is 1. The van der Waals surface area contributed by atoms with Gasteiger partial charge in [-0.25, -0.2) is 9.97 Å². The van der Waals surface area contributed by atoms with Crippen LogP contribution in [0.4, 0.5) is 5.69 Å². The molecule has 0 saturated carbocycles. The number of benzene rings is 3. The molecular formula is C23H18ClN7O. The Labute approximate surface area is 188 Å². The van der Waals surface area contributed by atoms with Gasteiger partial charge in [0, 0.05) is 27.5 Å². The maximum atomic E-state index is 12.9. The van der Waals surface area contributed by atoms with Crippen LogP contribution in [0, 0.1) is 0 Å². The molecule has 2 aromatic heterocycles. The summed E-state index contributed by atoms with van der Waals surface area (Å²) in [6.45, 7) is 0.294. The van der Waals surface area contributed by atoms with E-state index in [-0.39, 0.29) is 5.91 Å². The number of hydrogen-bond donors (Lipinski definition) is 3. The van der Waals surface area contributed by atoms with Gasteiger partial charge >= 0.3 is 0 Å². The van der Waals surface area contributed by atoms with E-state index in [1.807, 2.05) is 65.2 Å². The van der Waals surface area contributed by atoms with E-state index >= 15 is 0 Å². The van der Waals surface area contributed by atoms with Crippen LogP contribution in [0.3, 0.4) is 0 Å².